The molecule has 1 aromatic heterocycles. The van der Waals surface area contributed by atoms with Crippen molar-refractivity contribution in [3.8, 4) is 0 Å². The first-order valence-corrected chi connectivity index (χ1v) is 4.53. The Morgan fingerprint density at radius 2 is 2.25 bits per heavy atom. The molecule has 1 N–H and O–H groups in total. The van der Waals surface area contributed by atoms with Gasteiger partial charge in [0.25, 0.3) is 0 Å². The topological polar surface area (TPSA) is 80.9 Å². The van der Waals surface area contributed by atoms with Gasteiger partial charge in [0.15, 0.2) is 5.69 Å². The zero-order valence-electron chi connectivity index (χ0n) is 8.17. The second-order valence-corrected chi connectivity index (χ2v) is 2.95. The maximum Gasteiger partial charge on any atom is 0.247 e. The van der Waals surface area contributed by atoms with Gasteiger partial charge < -0.3 is 9.21 Å². The molecule has 0 amide bonds. The average Bonchev–Trinajstić information content (AvgIpc) is 2.67. The molecule has 6 nitrogen and oxygen atoms in total. The zero-order valence-corrected chi connectivity index (χ0v) is 8.17. The summed E-state index contributed by atoms with van der Waals surface area (Å²) in [6, 6.07) is 6.95. The summed E-state index contributed by atoms with van der Waals surface area (Å²) >= 11 is 0. The molecule has 1 heterocycles. The summed E-state index contributed by atoms with van der Waals surface area (Å²) in [4.78, 5) is 25.4. The molecule has 0 aliphatic rings. The number of fused-ring (bicyclic) bond motifs is 1. The highest BCUT2D eigenvalue weighted by Gasteiger charge is 2.14. The third-order valence-corrected chi connectivity index (χ3v) is 1.98. The second kappa shape index (κ2) is 4.54. The van der Waals surface area contributed by atoms with Gasteiger partial charge in [0, 0.05) is 0 Å². The van der Waals surface area contributed by atoms with Crippen LogP contribution in [0.1, 0.15) is 0 Å². The molecule has 2 aromatic rings. The number of hydrogen-bond acceptors (Lipinski definition) is 6. The minimum atomic E-state index is -0.144. The SMILES string of the molecule is O=CCONc1oc2ccccc2c1N=O. The van der Waals surface area contributed by atoms with Gasteiger partial charge in [-0.15, -0.1) is 4.91 Å². The Kier molecular flexibility index (Phi) is 2.93. The predicted octanol–water partition coefficient (Wildman–Crippen LogP) is 2.37. The lowest BCUT2D eigenvalue weighted by Gasteiger charge is -1.98. The lowest BCUT2D eigenvalue weighted by molar-refractivity contribution is -0.111. The average molecular weight is 220 g/mol. The number of aldehydes is 1. The number of benzene rings is 1. The third-order valence-electron chi connectivity index (χ3n) is 1.98. The Balaban J connectivity index is 2.36. The predicted molar refractivity (Wildman–Crippen MR) is 57.3 cm³/mol. The van der Waals surface area contributed by atoms with Crippen LogP contribution in [0.4, 0.5) is 11.6 Å². The molecule has 0 atom stereocenters. The molecule has 0 saturated heterocycles. The van der Waals surface area contributed by atoms with Gasteiger partial charge in [-0.3, -0.25) is 4.84 Å². The van der Waals surface area contributed by atoms with E-state index in [1.165, 1.54) is 0 Å². The summed E-state index contributed by atoms with van der Waals surface area (Å²) in [6.45, 7) is -0.144. The summed E-state index contributed by atoms with van der Waals surface area (Å²) in [7, 11) is 0. The van der Waals surface area contributed by atoms with E-state index in [0.717, 1.165) is 0 Å². The number of nitrogens with zero attached hydrogens (tertiary/aromatic N) is 1. The second-order valence-electron chi connectivity index (χ2n) is 2.95. The first kappa shape index (κ1) is 10.3. The first-order chi connectivity index (χ1) is 7.86. The highest BCUT2D eigenvalue weighted by Crippen LogP contribution is 2.36. The molecule has 82 valence electrons. The number of anilines is 1. The van der Waals surface area contributed by atoms with Crippen molar-refractivity contribution in [3.05, 3.63) is 29.2 Å². The highest BCUT2D eigenvalue weighted by molar-refractivity contribution is 5.95. The molecule has 1 aromatic carbocycles. The zero-order chi connectivity index (χ0) is 11.4. The largest absolute Gasteiger partial charge is 0.436 e. The molecule has 0 bridgehead atoms. The minimum absolute atomic E-state index is 0.0954. The van der Waals surface area contributed by atoms with Crippen molar-refractivity contribution in [1.82, 2.24) is 0 Å². The van der Waals surface area contributed by atoms with Crippen LogP contribution in [0.5, 0.6) is 0 Å². The van der Waals surface area contributed by atoms with Gasteiger partial charge in [-0.2, -0.15) is 0 Å². The van der Waals surface area contributed by atoms with Gasteiger partial charge in [0.05, 0.1) is 5.39 Å². The van der Waals surface area contributed by atoms with E-state index in [4.69, 9.17) is 9.25 Å². The molecule has 0 aliphatic heterocycles. The minimum Gasteiger partial charge on any atom is -0.436 e. The van der Waals surface area contributed by atoms with E-state index in [-0.39, 0.29) is 18.2 Å². The number of nitrogens with one attached hydrogen (secondary N) is 1. The molecule has 0 aliphatic carbocycles. The Labute approximate surface area is 90.1 Å². The number of para-hydroxylation sites is 1. The van der Waals surface area contributed by atoms with Crippen molar-refractivity contribution >= 4 is 28.8 Å². The van der Waals surface area contributed by atoms with Crippen LogP contribution < -0.4 is 5.48 Å². The van der Waals surface area contributed by atoms with Crippen molar-refractivity contribution in [3.63, 3.8) is 0 Å². The lowest BCUT2D eigenvalue weighted by Crippen LogP contribution is -2.02. The van der Waals surface area contributed by atoms with Crippen molar-refractivity contribution in [2.24, 2.45) is 5.18 Å². The fourth-order valence-electron chi connectivity index (χ4n) is 1.33. The van der Waals surface area contributed by atoms with Crippen LogP contribution in [0.3, 0.4) is 0 Å². The lowest BCUT2D eigenvalue weighted by atomic mass is 10.2. The van der Waals surface area contributed by atoms with Crippen LogP contribution in [0.15, 0.2) is 33.9 Å². The summed E-state index contributed by atoms with van der Waals surface area (Å²) in [5.74, 6) is 0.0954. The summed E-state index contributed by atoms with van der Waals surface area (Å²) in [6.07, 6.45) is 0.573. The van der Waals surface area contributed by atoms with Gasteiger partial charge in [0.1, 0.15) is 18.5 Å². The van der Waals surface area contributed by atoms with E-state index < -0.39 is 0 Å². The van der Waals surface area contributed by atoms with E-state index in [2.05, 4.69) is 10.7 Å². The normalized spacial score (nSPS) is 10.2. The molecular formula is C10H8N2O4. The molecule has 0 spiro atoms. The molecule has 0 unspecified atom stereocenters. The van der Waals surface area contributed by atoms with Crippen LogP contribution >= 0.6 is 0 Å². The van der Waals surface area contributed by atoms with E-state index in [0.29, 0.717) is 17.3 Å². The fraction of sp³-hybridized carbons (Fsp3) is 0.100. The van der Waals surface area contributed by atoms with E-state index >= 15 is 0 Å². The van der Waals surface area contributed by atoms with Crippen LogP contribution in [0.2, 0.25) is 0 Å². The van der Waals surface area contributed by atoms with E-state index in [1.54, 1.807) is 24.3 Å². The Bertz CT molecular complexity index is 521. The summed E-state index contributed by atoms with van der Waals surface area (Å²) in [5.41, 5.74) is 3.01. The van der Waals surface area contributed by atoms with Gasteiger partial charge in [-0.1, -0.05) is 12.1 Å². The number of rotatable bonds is 5. The molecule has 6 heteroatoms. The standard InChI is InChI=1S/C10H8N2O4/c13-5-6-15-12-10-9(11-14)7-3-1-2-4-8(7)16-10/h1-5,12H,6H2. The van der Waals surface area contributed by atoms with Crippen molar-refractivity contribution in [2.75, 3.05) is 12.1 Å². The van der Waals surface area contributed by atoms with Crippen molar-refractivity contribution in [1.29, 1.82) is 0 Å². The van der Waals surface area contributed by atoms with Gasteiger partial charge in [0.2, 0.25) is 5.88 Å². The van der Waals surface area contributed by atoms with E-state index in [9.17, 15) is 9.70 Å². The van der Waals surface area contributed by atoms with Crippen LogP contribution in [0, 0.1) is 4.91 Å². The maximum absolute atomic E-state index is 10.7. The summed E-state index contributed by atoms with van der Waals surface area (Å²) < 4.78 is 5.29. The quantitative estimate of drug-likeness (QED) is 0.362. The van der Waals surface area contributed by atoms with Crippen LogP contribution in [0.25, 0.3) is 11.0 Å². The van der Waals surface area contributed by atoms with E-state index in [1.807, 2.05) is 0 Å². The number of carbonyl (C=O) groups excluding carboxylic acids is 1. The number of furan rings is 1. The molecular weight excluding hydrogens is 212 g/mol. The maximum atomic E-state index is 10.7. The Morgan fingerprint density at radius 3 is 3.00 bits per heavy atom. The third kappa shape index (κ3) is 1.78. The smallest absolute Gasteiger partial charge is 0.247 e. The molecule has 0 saturated carbocycles. The van der Waals surface area contributed by atoms with Gasteiger partial charge in [-0.05, 0) is 17.3 Å². The first-order valence-electron chi connectivity index (χ1n) is 4.53. The fourth-order valence-corrected chi connectivity index (χ4v) is 1.33. The molecule has 16 heavy (non-hydrogen) atoms. The Hall–Kier alpha value is -2.21. The van der Waals surface area contributed by atoms with Gasteiger partial charge >= 0.3 is 0 Å². The number of hydrogen-bond donors (Lipinski definition) is 1. The highest BCUT2D eigenvalue weighted by atomic mass is 16.7. The molecule has 0 radical (unpaired) electrons. The molecule has 0 fully saturated rings. The van der Waals surface area contributed by atoms with Crippen molar-refractivity contribution < 1.29 is 14.0 Å². The van der Waals surface area contributed by atoms with Crippen LogP contribution in [-0.4, -0.2) is 12.9 Å². The number of carbonyl (C=O) groups is 1. The van der Waals surface area contributed by atoms with Crippen molar-refractivity contribution in [2.45, 2.75) is 0 Å². The Morgan fingerprint density at radius 1 is 1.44 bits per heavy atom. The summed E-state index contributed by atoms with van der Waals surface area (Å²) in [5, 5.41) is 3.46. The monoisotopic (exact) mass is 220 g/mol. The number of nitroso groups, excluding NO2 is 1. The van der Waals surface area contributed by atoms with Crippen LogP contribution in [-0.2, 0) is 9.63 Å². The van der Waals surface area contributed by atoms with Gasteiger partial charge in [-0.25, -0.2) is 5.48 Å². The molecule has 2 rings (SSSR count).